The van der Waals surface area contributed by atoms with Crippen molar-refractivity contribution >= 4 is 29.0 Å². The summed E-state index contributed by atoms with van der Waals surface area (Å²) in [6.45, 7) is 5.95. The van der Waals surface area contributed by atoms with Crippen LogP contribution in [0.2, 0.25) is 0 Å². The van der Waals surface area contributed by atoms with Gasteiger partial charge >= 0.3 is 0 Å². The molecule has 0 aliphatic carbocycles. The Morgan fingerprint density at radius 3 is 2.85 bits per heavy atom. The predicted octanol–water partition coefficient (Wildman–Crippen LogP) is 1.86. The zero-order chi connectivity index (χ0) is 14.7. The number of carbonyl (C=O) groups excluding carboxylic acids is 1. The van der Waals surface area contributed by atoms with Gasteiger partial charge in [0.1, 0.15) is 6.33 Å². The highest BCUT2D eigenvalue weighted by molar-refractivity contribution is 7.99. The second-order valence-electron chi connectivity index (χ2n) is 4.48. The molecule has 0 unspecified atom stereocenters. The largest absolute Gasteiger partial charge is 0.347 e. The van der Waals surface area contributed by atoms with Gasteiger partial charge in [0.25, 0.3) is 0 Å². The van der Waals surface area contributed by atoms with Gasteiger partial charge in [-0.3, -0.25) is 4.79 Å². The summed E-state index contributed by atoms with van der Waals surface area (Å²) in [5, 5.41) is 12.4. The van der Waals surface area contributed by atoms with E-state index in [-0.39, 0.29) is 11.9 Å². The first-order valence-corrected chi connectivity index (χ1v) is 7.97. The molecule has 6 nitrogen and oxygen atoms in total. The number of hydrogen-bond donors (Lipinski definition) is 1. The molecular formula is C12H17N5OS2. The van der Waals surface area contributed by atoms with Gasteiger partial charge in [0.05, 0.1) is 22.5 Å². The van der Waals surface area contributed by atoms with Crippen LogP contribution in [0.15, 0.2) is 11.5 Å². The third kappa shape index (κ3) is 3.57. The van der Waals surface area contributed by atoms with Gasteiger partial charge in [-0.15, -0.1) is 21.5 Å². The second-order valence-corrected chi connectivity index (χ2v) is 6.83. The lowest BCUT2D eigenvalue weighted by Crippen LogP contribution is -2.28. The standard InChI is InChI=1S/C12H17N5OS2/c1-7(11-8(2)20-9(3)15-11)14-10(18)5-19-12-16-13-6-17(12)4/h6-7H,5H2,1-4H3,(H,14,18)/t7-/m0/s1. The van der Waals surface area contributed by atoms with E-state index in [1.807, 2.05) is 27.8 Å². The van der Waals surface area contributed by atoms with Crippen LogP contribution in [0.1, 0.15) is 28.5 Å². The highest BCUT2D eigenvalue weighted by atomic mass is 32.2. The van der Waals surface area contributed by atoms with E-state index >= 15 is 0 Å². The zero-order valence-electron chi connectivity index (χ0n) is 11.9. The summed E-state index contributed by atoms with van der Waals surface area (Å²) in [6, 6.07) is -0.0763. The number of thiazole rings is 1. The quantitative estimate of drug-likeness (QED) is 0.853. The first kappa shape index (κ1) is 15.0. The van der Waals surface area contributed by atoms with E-state index in [1.54, 1.807) is 22.2 Å². The Balaban J connectivity index is 1.88. The van der Waals surface area contributed by atoms with Gasteiger partial charge in [-0.2, -0.15) is 0 Å². The summed E-state index contributed by atoms with van der Waals surface area (Å²) in [5.74, 6) is 0.287. The lowest BCUT2D eigenvalue weighted by atomic mass is 10.2. The maximum absolute atomic E-state index is 11.9. The minimum Gasteiger partial charge on any atom is -0.347 e. The third-order valence-electron chi connectivity index (χ3n) is 2.73. The molecule has 108 valence electrons. The second kappa shape index (κ2) is 6.36. The molecule has 0 aliphatic rings. The first-order chi connectivity index (χ1) is 9.47. The Morgan fingerprint density at radius 1 is 1.55 bits per heavy atom. The Hall–Kier alpha value is -1.41. The fourth-order valence-corrected chi connectivity index (χ4v) is 3.44. The van der Waals surface area contributed by atoms with Crippen LogP contribution >= 0.6 is 23.1 Å². The van der Waals surface area contributed by atoms with Crippen LogP contribution in [0.5, 0.6) is 0 Å². The molecule has 20 heavy (non-hydrogen) atoms. The Bertz CT molecular complexity index is 607. The van der Waals surface area contributed by atoms with E-state index in [9.17, 15) is 4.79 Å². The molecule has 0 bridgehead atoms. The summed E-state index contributed by atoms with van der Waals surface area (Å²) in [7, 11) is 1.85. The summed E-state index contributed by atoms with van der Waals surface area (Å²) in [4.78, 5) is 17.5. The molecule has 1 N–H and O–H groups in total. The molecule has 8 heteroatoms. The molecule has 0 aliphatic heterocycles. The summed E-state index contributed by atoms with van der Waals surface area (Å²) >= 11 is 3.02. The number of nitrogens with zero attached hydrogens (tertiary/aromatic N) is 4. The number of carbonyl (C=O) groups is 1. The van der Waals surface area contributed by atoms with Crippen LogP contribution in [0.25, 0.3) is 0 Å². The van der Waals surface area contributed by atoms with Crippen molar-refractivity contribution in [3.8, 4) is 0 Å². The van der Waals surface area contributed by atoms with Crippen molar-refractivity contribution in [2.75, 3.05) is 5.75 Å². The average molecular weight is 311 g/mol. The normalized spacial score (nSPS) is 12.4. The van der Waals surface area contributed by atoms with Crippen LogP contribution in [0.3, 0.4) is 0 Å². The molecule has 2 aromatic rings. The molecule has 0 saturated heterocycles. The molecule has 1 atom stereocenters. The lowest BCUT2D eigenvalue weighted by molar-refractivity contribution is -0.119. The fourth-order valence-electron chi connectivity index (χ4n) is 1.83. The number of nitrogens with one attached hydrogen (secondary N) is 1. The highest BCUT2D eigenvalue weighted by Crippen LogP contribution is 2.22. The van der Waals surface area contributed by atoms with Crippen molar-refractivity contribution < 1.29 is 4.79 Å². The number of aromatic nitrogens is 4. The zero-order valence-corrected chi connectivity index (χ0v) is 13.5. The lowest BCUT2D eigenvalue weighted by Gasteiger charge is -2.12. The molecule has 0 fully saturated rings. The minimum atomic E-state index is -0.0763. The van der Waals surface area contributed by atoms with Gasteiger partial charge < -0.3 is 9.88 Å². The van der Waals surface area contributed by atoms with Crippen LogP contribution in [0, 0.1) is 13.8 Å². The number of amides is 1. The first-order valence-electron chi connectivity index (χ1n) is 6.17. The van der Waals surface area contributed by atoms with E-state index in [1.165, 1.54) is 11.8 Å². The Kier molecular flexibility index (Phi) is 4.77. The minimum absolute atomic E-state index is 0.0319. The van der Waals surface area contributed by atoms with E-state index in [2.05, 4.69) is 20.5 Å². The van der Waals surface area contributed by atoms with E-state index < -0.39 is 0 Å². The van der Waals surface area contributed by atoms with Crippen molar-refractivity contribution in [2.45, 2.75) is 32.0 Å². The summed E-state index contributed by atoms with van der Waals surface area (Å²) in [6.07, 6.45) is 1.62. The van der Waals surface area contributed by atoms with Crippen LogP contribution in [0.4, 0.5) is 0 Å². The van der Waals surface area contributed by atoms with Crippen molar-refractivity contribution in [3.63, 3.8) is 0 Å². The molecule has 2 heterocycles. The molecule has 1 amide bonds. The molecule has 0 aromatic carbocycles. The van der Waals surface area contributed by atoms with Crippen LogP contribution in [-0.4, -0.2) is 31.4 Å². The van der Waals surface area contributed by atoms with Gasteiger partial charge in [-0.1, -0.05) is 11.8 Å². The summed E-state index contributed by atoms with van der Waals surface area (Å²) in [5.41, 5.74) is 0.949. The van der Waals surface area contributed by atoms with Gasteiger partial charge in [0, 0.05) is 11.9 Å². The number of hydrogen-bond acceptors (Lipinski definition) is 6. The Morgan fingerprint density at radius 2 is 2.30 bits per heavy atom. The molecule has 0 spiro atoms. The van der Waals surface area contributed by atoms with Gasteiger partial charge in [-0.25, -0.2) is 4.98 Å². The van der Waals surface area contributed by atoms with Crippen molar-refractivity contribution in [1.29, 1.82) is 0 Å². The SMILES string of the molecule is Cc1nc([C@H](C)NC(=O)CSc2nncn2C)c(C)s1. The maximum atomic E-state index is 11.9. The van der Waals surface area contributed by atoms with Crippen molar-refractivity contribution in [3.05, 3.63) is 21.9 Å². The highest BCUT2D eigenvalue weighted by Gasteiger charge is 2.16. The van der Waals surface area contributed by atoms with Crippen molar-refractivity contribution in [2.24, 2.45) is 7.05 Å². The summed E-state index contributed by atoms with van der Waals surface area (Å²) < 4.78 is 1.79. The predicted molar refractivity (Wildman–Crippen MR) is 79.9 cm³/mol. The average Bonchev–Trinajstić information content (AvgIpc) is 2.92. The van der Waals surface area contributed by atoms with E-state index in [4.69, 9.17) is 0 Å². The Labute approximate surface area is 126 Å². The van der Waals surface area contributed by atoms with Crippen LogP contribution in [-0.2, 0) is 11.8 Å². The van der Waals surface area contributed by atoms with E-state index in [0.717, 1.165) is 20.7 Å². The van der Waals surface area contributed by atoms with Gasteiger partial charge in [-0.05, 0) is 20.8 Å². The smallest absolute Gasteiger partial charge is 0.231 e. The number of aryl methyl sites for hydroxylation is 3. The molecule has 0 saturated carbocycles. The third-order valence-corrected chi connectivity index (χ3v) is 4.67. The topological polar surface area (TPSA) is 72.7 Å². The molecule has 2 rings (SSSR count). The molecule has 0 radical (unpaired) electrons. The fraction of sp³-hybridized carbons (Fsp3) is 0.500. The van der Waals surface area contributed by atoms with E-state index in [0.29, 0.717) is 5.75 Å². The number of thioether (sulfide) groups is 1. The van der Waals surface area contributed by atoms with Gasteiger partial charge in [0.15, 0.2) is 5.16 Å². The van der Waals surface area contributed by atoms with Crippen LogP contribution < -0.4 is 5.32 Å². The van der Waals surface area contributed by atoms with Crippen molar-refractivity contribution in [1.82, 2.24) is 25.1 Å². The molecule has 2 aromatic heterocycles. The maximum Gasteiger partial charge on any atom is 0.231 e. The monoisotopic (exact) mass is 311 g/mol. The van der Waals surface area contributed by atoms with Gasteiger partial charge in [0.2, 0.25) is 5.91 Å². The number of rotatable bonds is 5. The molecular weight excluding hydrogens is 294 g/mol.